The predicted octanol–water partition coefficient (Wildman–Crippen LogP) is 3.17. The molecule has 0 spiro atoms. The molecule has 0 aromatic heterocycles. The van der Waals surface area contributed by atoms with Crippen LogP contribution in [0, 0.1) is 23.7 Å². The summed E-state index contributed by atoms with van der Waals surface area (Å²) in [5.41, 5.74) is 0. The summed E-state index contributed by atoms with van der Waals surface area (Å²) < 4.78 is 0. The zero-order valence-corrected chi connectivity index (χ0v) is 15.4. The Kier molecular flexibility index (Phi) is 6.49. The summed E-state index contributed by atoms with van der Waals surface area (Å²) in [4.78, 5) is 28.7. The number of rotatable bonds is 4. The molecule has 2 heterocycles. The summed E-state index contributed by atoms with van der Waals surface area (Å²) in [6.07, 6.45) is 4.16. The van der Waals surface area contributed by atoms with E-state index in [0.29, 0.717) is 42.9 Å². The van der Waals surface area contributed by atoms with Crippen LogP contribution in [0.15, 0.2) is 0 Å². The van der Waals surface area contributed by atoms with Gasteiger partial charge in [0.05, 0.1) is 0 Å². The fraction of sp³-hybridized carbons (Fsp3) is 0.895. The van der Waals surface area contributed by atoms with Crippen LogP contribution in [0.3, 0.4) is 0 Å². The molecule has 2 rings (SSSR count). The van der Waals surface area contributed by atoms with E-state index in [1.54, 1.807) is 0 Å². The number of hydrogen-bond donors (Lipinski definition) is 0. The monoisotopic (exact) mass is 322 g/mol. The fourth-order valence-electron chi connectivity index (χ4n) is 4.44. The van der Waals surface area contributed by atoms with E-state index in [2.05, 4.69) is 27.7 Å². The number of likely N-dealkylation sites (tertiary alicyclic amines) is 2. The van der Waals surface area contributed by atoms with Gasteiger partial charge >= 0.3 is 0 Å². The van der Waals surface area contributed by atoms with Gasteiger partial charge in [0.25, 0.3) is 0 Å². The molecular weight excluding hydrogens is 288 g/mol. The molecule has 0 unspecified atom stereocenters. The second-order valence-electron chi connectivity index (χ2n) is 8.34. The van der Waals surface area contributed by atoms with Gasteiger partial charge in [0.1, 0.15) is 0 Å². The quantitative estimate of drug-likeness (QED) is 0.797. The van der Waals surface area contributed by atoms with E-state index in [-0.39, 0.29) is 11.8 Å². The van der Waals surface area contributed by atoms with E-state index in [4.69, 9.17) is 0 Å². The van der Waals surface area contributed by atoms with E-state index in [1.807, 2.05) is 9.80 Å². The highest BCUT2D eigenvalue weighted by molar-refractivity contribution is 5.79. The maximum atomic E-state index is 12.4. The van der Waals surface area contributed by atoms with Crippen molar-refractivity contribution < 1.29 is 9.59 Å². The van der Waals surface area contributed by atoms with Gasteiger partial charge in [-0.05, 0) is 42.9 Å². The Labute approximate surface area is 141 Å². The zero-order chi connectivity index (χ0) is 17.0. The Bertz CT molecular complexity index is 366. The minimum absolute atomic E-state index is 0.233. The highest BCUT2D eigenvalue weighted by Crippen LogP contribution is 2.23. The molecule has 4 heteroatoms. The zero-order valence-electron chi connectivity index (χ0n) is 15.4. The molecule has 2 fully saturated rings. The second kappa shape index (κ2) is 8.16. The van der Waals surface area contributed by atoms with Crippen molar-refractivity contribution >= 4 is 11.8 Å². The van der Waals surface area contributed by atoms with E-state index in [9.17, 15) is 9.59 Å². The first kappa shape index (κ1) is 18.3. The topological polar surface area (TPSA) is 40.6 Å². The molecule has 23 heavy (non-hydrogen) atoms. The van der Waals surface area contributed by atoms with E-state index >= 15 is 0 Å². The number of piperidine rings is 2. The van der Waals surface area contributed by atoms with Crippen LogP contribution in [0.5, 0.6) is 0 Å². The van der Waals surface area contributed by atoms with Crippen LogP contribution in [-0.2, 0) is 9.59 Å². The van der Waals surface area contributed by atoms with Gasteiger partial charge in [-0.3, -0.25) is 9.59 Å². The first-order chi connectivity index (χ1) is 10.8. The van der Waals surface area contributed by atoms with E-state index in [1.165, 1.54) is 12.8 Å². The number of carbonyl (C=O) groups is 2. The molecule has 0 aliphatic carbocycles. The number of nitrogens with zero attached hydrogens (tertiary/aromatic N) is 2. The number of amides is 2. The summed E-state index contributed by atoms with van der Waals surface area (Å²) in [5.74, 6) is 2.86. The highest BCUT2D eigenvalue weighted by Gasteiger charge is 2.27. The Hall–Kier alpha value is -1.06. The standard InChI is InChI=1S/C19H34N2O2/c1-14-8-15(2)11-20(10-14)18(22)6-5-7-19(23)21-12-16(3)9-17(4)13-21/h14-17H,5-13H2,1-4H3/t14-,15-,16-,17-/m1/s1. The van der Waals surface area contributed by atoms with Gasteiger partial charge in [-0.2, -0.15) is 0 Å². The van der Waals surface area contributed by atoms with Gasteiger partial charge in [-0.25, -0.2) is 0 Å². The van der Waals surface area contributed by atoms with Crippen molar-refractivity contribution in [3.8, 4) is 0 Å². The first-order valence-corrected chi connectivity index (χ1v) is 9.40. The van der Waals surface area contributed by atoms with Gasteiger partial charge in [0.15, 0.2) is 0 Å². The van der Waals surface area contributed by atoms with Crippen LogP contribution in [-0.4, -0.2) is 47.8 Å². The molecule has 132 valence electrons. The highest BCUT2D eigenvalue weighted by atomic mass is 16.2. The second-order valence-corrected chi connectivity index (χ2v) is 8.34. The van der Waals surface area contributed by atoms with Gasteiger partial charge in [-0.15, -0.1) is 0 Å². The minimum atomic E-state index is 0.233. The molecule has 0 aromatic carbocycles. The molecule has 0 N–H and O–H groups in total. The number of hydrogen-bond acceptors (Lipinski definition) is 2. The SMILES string of the molecule is C[C@@H]1C[C@@H](C)CN(C(=O)CCCC(=O)N2C[C@H](C)C[C@@H](C)C2)C1. The van der Waals surface area contributed by atoms with Crippen LogP contribution in [0.25, 0.3) is 0 Å². The fourth-order valence-corrected chi connectivity index (χ4v) is 4.44. The summed E-state index contributed by atoms with van der Waals surface area (Å²) in [6, 6.07) is 0. The van der Waals surface area contributed by atoms with Crippen LogP contribution >= 0.6 is 0 Å². The smallest absolute Gasteiger partial charge is 0.222 e. The Morgan fingerprint density at radius 1 is 0.696 bits per heavy atom. The first-order valence-electron chi connectivity index (χ1n) is 9.40. The minimum Gasteiger partial charge on any atom is -0.342 e. The maximum absolute atomic E-state index is 12.4. The van der Waals surface area contributed by atoms with Crippen molar-refractivity contribution in [1.82, 2.24) is 9.80 Å². The molecule has 2 aliphatic heterocycles. The van der Waals surface area contributed by atoms with Crippen molar-refractivity contribution in [3.63, 3.8) is 0 Å². The molecule has 0 bridgehead atoms. The molecule has 4 atom stereocenters. The van der Waals surface area contributed by atoms with Gasteiger partial charge < -0.3 is 9.80 Å². The molecule has 2 aliphatic rings. The lowest BCUT2D eigenvalue weighted by atomic mass is 9.91. The molecule has 4 nitrogen and oxygen atoms in total. The molecule has 2 saturated heterocycles. The van der Waals surface area contributed by atoms with Crippen LogP contribution in [0.1, 0.15) is 59.8 Å². The number of carbonyl (C=O) groups excluding carboxylic acids is 2. The maximum Gasteiger partial charge on any atom is 0.222 e. The summed E-state index contributed by atoms with van der Waals surface area (Å²) >= 11 is 0. The normalized spacial score (nSPS) is 32.0. The summed E-state index contributed by atoms with van der Waals surface area (Å²) in [6.45, 7) is 12.4. The lowest BCUT2D eigenvalue weighted by molar-refractivity contribution is -0.135. The Morgan fingerprint density at radius 2 is 1.00 bits per heavy atom. The van der Waals surface area contributed by atoms with Crippen molar-refractivity contribution in [3.05, 3.63) is 0 Å². The lowest BCUT2D eigenvalue weighted by Crippen LogP contribution is -2.43. The Morgan fingerprint density at radius 3 is 1.30 bits per heavy atom. The molecule has 2 amide bonds. The van der Waals surface area contributed by atoms with Crippen molar-refractivity contribution in [2.45, 2.75) is 59.8 Å². The van der Waals surface area contributed by atoms with Crippen molar-refractivity contribution in [2.24, 2.45) is 23.7 Å². The van der Waals surface area contributed by atoms with E-state index in [0.717, 1.165) is 26.2 Å². The van der Waals surface area contributed by atoms with Crippen molar-refractivity contribution in [2.75, 3.05) is 26.2 Å². The Balaban J connectivity index is 1.71. The third kappa shape index (κ3) is 5.50. The lowest BCUT2D eigenvalue weighted by Gasteiger charge is -2.36. The average Bonchev–Trinajstić information content (AvgIpc) is 2.44. The largest absolute Gasteiger partial charge is 0.342 e. The third-order valence-corrected chi connectivity index (χ3v) is 5.22. The summed E-state index contributed by atoms with van der Waals surface area (Å²) in [7, 11) is 0. The van der Waals surface area contributed by atoms with Gasteiger partial charge in [-0.1, -0.05) is 27.7 Å². The third-order valence-electron chi connectivity index (χ3n) is 5.22. The van der Waals surface area contributed by atoms with E-state index < -0.39 is 0 Å². The van der Waals surface area contributed by atoms with Crippen LogP contribution in [0.4, 0.5) is 0 Å². The molecule has 0 radical (unpaired) electrons. The molecular formula is C19H34N2O2. The summed E-state index contributed by atoms with van der Waals surface area (Å²) in [5, 5.41) is 0. The van der Waals surface area contributed by atoms with Crippen molar-refractivity contribution in [1.29, 1.82) is 0 Å². The van der Waals surface area contributed by atoms with Crippen LogP contribution in [0.2, 0.25) is 0 Å². The molecule has 0 aromatic rings. The van der Waals surface area contributed by atoms with Crippen LogP contribution < -0.4 is 0 Å². The van der Waals surface area contributed by atoms with Gasteiger partial charge in [0, 0.05) is 39.0 Å². The molecule has 0 saturated carbocycles. The average molecular weight is 322 g/mol. The van der Waals surface area contributed by atoms with Gasteiger partial charge in [0.2, 0.25) is 11.8 Å². The predicted molar refractivity (Wildman–Crippen MR) is 92.9 cm³/mol.